The molecule has 4 heterocycles. The second-order valence-corrected chi connectivity index (χ2v) is 7.18. The van der Waals surface area contributed by atoms with E-state index in [1.54, 1.807) is 15.2 Å². The van der Waals surface area contributed by atoms with Crippen molar-refractivity contribution in [3.05, 3.63) is 47.0 Å². The fourth-order valence-corrected chi connectivity index (χ4v) is 3.89. The monoisotopic (exact) mass is 411 g/mol. The van der Waals surface area contributed by atoms with Crippen molar-refractivity contribution in [2.45, 2.75) is 25.4 Å². The first-order valence-electron chi connectivity index (χ1n) is 9.50. The summed E-state index contributed by atoms with van der Waals surface area (Å²) in [5.41, 5.74) is 6.86. The average Bonchev–Trinajstić information content (AvgIpc) is 3.26. The van der Waals surface area contributed by atoms with E-state index in [4.69, 9.17) is 10.5 Å². The van der Waals surface area contributed by atoms with Crippen LogP contribution in [-0.2, 0) is 16.1 Å². The van der Waals surface area contributed by atoms with Gasteiger partial charge in [0.25, 0.3) is 0 Å². The average molecular weight is 411 g/mol. The lowest BCUT2D eigenvalue weighted by Crippen LogP contribution is -2.33. The van der Waals surface area contributed by atoms with Gasteiger partial charge in [-0.1, -0.05) is 0 Å². The van der Waals surface area contributed by atoms with Crippen molar-refractivity contribution >= 4 is 28.1 Å². The van der Waals surface area contributed by atoms with Gasteiger partial charge in [-0.3, -0.25) is 18.5 Å². The summed E-state index contributed by atoms with van der Waals surface area (Å²) < 4.78 is 23.6. The number of nitrogens with zero attached hydrogens (tertiary/aromatic N) is 6. The molecule has 1 aliphatic rings. The van der Waals surface area contributed by atoms with Crippen LogP contribution in [0.15, 0.2) is 35.5 Å². The van der Waals surface area contributed by atoms with Crippen molar-refractivity contribution in [1.29, 1.82) is 0 Å². The number of aromatic nitrogens is 6. The summed E-state index contributed by atoms with van der Waals surface area (Å²) in [5.74, 6) is -0.798. The number of hydrogen-bond donors (Lipinski definition) is 1. The lowest BCUT2D eigenvalue weighted by atomic mass is 10.1. The molecule has 0 bridgehead atoms. The highest BCUT2D eigenvalue weighted by Crippen LogP contribution is 2.25. The molecular weight excluding hydrogens is 393 g/mol. The Labute approximate surface area is 168 Å². The number of benzene rings is 1. The second kappa shape index (κ2) is 7.02. The summed E-state index contributed by atoms with van der Waals surface area (Å²) in [5, 5.41) is 0. The Balaban J connectivity index is 1.73. The van der Waals surface area contributed by atoms with Crippen LogP contribution in [0.5, 0.6) is 0 Å². The van der Waals surface area contributed by atoms with Gasteiger partial charge in [-0.2, -0.15) is 4.98 Å². The Hall–Kier alpha value is -3.60. The highest BCUT2D eigenvalue weighted by atomic mass is 19.1. The molecule has 11 heteroatoms. The van der Waals surface area contributed by atoms with Crippen molar-refractivity contribution in [2.24, 2.45) is 5.73 Å². The summed E-state index contributed by atoms with van der Waals surface area (Å²) in [6.07, 6.45) is 4.27. The molecule has 0 atom stereocenters. The number of nitrogens with two attached hydrogens (primary N) is 1. The maximum atomic E-state index is 13.8. The van der Waals surface area contributed by atoms with Crippen molar-refractivity contribution < 1.29 is 13.9 Å². The van der Waals surface area contributed by atoms with Crippen LogP contribution < -0.4 is 11.4 Å². The zero-order chi connectivity index (χ0) is 20.8. The molecule has 3 aromatic heterocycles. The molecule has 0 aliphatic carbocycles. The summed E-state index contributed by atoms with van der Waals surface area (Å²) in [7, 11) is 0. The first kappa shape index (κ1) is 18.4. The molecule has 0 saturated carbocycles. The molecule has 1 saturated heterocycles. The molecule has 1 fully saturated rings. The summed E-state index contributed by atoms with van der Waals surface area (Å²) in [6, 6.07) is 4.12. The summed E-state index contributed by atoms with van der Waals surface area (Å²) in [6.45, 7) is 0.791. The minimum atomic E-state index is -0.636. The Morgan fingerprint density at radius 1 is 1.23 bits per heavy atom. The maximum Gasteiger partial charge on any atom is 0.331 e. The van der Waals surface area contributed by atoms with E-state index in [1.165, 1.54) is 29.2 Å². The molecule has 0 spiro atoms. The zero-order valence-electron chi connectivity index (χ0n) is 15.9. The molecule has 1 aromatic carbocycles. The largest absolute Gasteiger partial charge is 0.381 e. The van der Waals surface area contributed by atoms with Crippen LogP contribution >= 0.6 is 0 Å². The Morgan fingerprint density at radius 2 is 2.03 bits per heavy atom. The number of carbonyl (C=O) groups excluding carboxylic acids is 1. The number of halogens is 1. The number of ether oxygens (including phenoxy) is 1. The van der Waals surface area contributed by atoms with E-state index < -0.39 is 11.7 Å². The highest BCUT2D eigenvalue weighted by Gasteiger charge is 2.25. The van der Waals surface area contributed by atoms with Crippen LogP contribution in [0.25, 0.3) is 28.1 Å². The van der Waals surface area contributed by atoms with Crippen LogP contribution in [0, 0.1) is 5.82 Å². The topological polar surface area (TPSA) is 123 Å². The minimum Gasteiger partial charge on any atom is -0.381 e. The molecule has 30 heavy (non-hydrogen) atoms. The van der Waals surface area contributed by atoms with Gasteiger partial charge in [-0.15, -0.1) is 0 Å². The third kappa shape index (κ3) is 2.94. The predicted molar refractivity (Wildman–Crippen MR) is 105 cm³/mol. The zero-order valence-corrected chi connectivity index (χ0v) is 15.9. The predicted octanol–water partition coefficient (Wildman–Crippen LogP) is 0.908. The molecule has 0 radical (unpaired) electrons. The van der Waals surface area contributed by atoms with E-state index in [-0.39, 0.29) is 24.2 Å². The Morgan fingerprint density at radius 3 is 2.80 bits per heavy atom. The van der Waals surface area contributed by atoms with Crippen molar-refractivity contribution in [3.63, 3.8) is 0 Å². The van der Waals surface area contributed by atoms with Gasteiger partial charge in [0.15, 0.2) is 5.65 Å². The summed E-state index contributed by atoms with van der Waals surface area (Å²) in [4.78, 5) is 37.8. The van der Waals surface area contributed by atoms with Gasteiger partial charge in [-0.25, -0.2) is 19.2 Å². The van der Waals surface area contributed by atoms with Gasteiger partial charge in [0, 0.05) is 25.3 Å². The number of primary amides is 1. The van der Waals surface area contributed by atoms with Crippen LogP contribution in [0.4, 0.5) is 4.39 Å². The van der Waals surface area contributed by atoms with Gasteiger partial charge in [-0.05, 0) is 25.0 Å². The van der Waals surface area contributed by atoms with E-state index in [9.17, 15) is 14.0 Å². The third-order valence-corrected chi connectivity index (χ3v) is 5.29. The van der Waals surface area contributed by atoms with Crippen LogP contribution in [0.1, 0.15) is 18.9 Å². The van der Waals surface area contributed by atoms with Gasteiger partial charge >= 0.3 is 5.69 Å². The number of amides is 1. The number of rotatable bonds is 4. The SMILES string of the molecule is NC(=O)Cn1c(=O)n(C2CCOCC2)c2nc(-n3cnc4ccc(F)cc43)ncc21. The van der Waals surface area contributed by atoms with Crippen molar-refractivity contribution in [2.75, 3.05) is 13.2 Å². The quantitative estimate of drug-likeness (QED) is 0.532. The smallest absolute Gasteiger partial charge is 0.331 e. The minimum absolute atomic E-state index is 0.123. The van der Waals surface area contributed by atoms with Gasteiger partial charge in [0.2, 0.25) is 11.9 Å². The van der Waals surface area contributed by atoms with Gasteiger partial charge in [0.05, 0.1) is 17.2 Å². The Kier molecular flexibility index (Phi) is 4.31. The first-order chi connectivity index (χ1) is 14.5. The molecule has 0 unspecified atom stereocenters. The molecule has 1 amide bonds. The van der Waals surface area contributed by atoms with Crippen LogP contribution in [-0.4, -0.2) is 47.8 Å². The van der Waals surface area contributed by atoms with E-state index in [2.05, 4.69) is 15.0 Å². The maximum absolute atomic E-state index is 13.8. The second-order valence-electron chi connectivity index (χ2n) is 7.18. The first-order valence-corrected chi connectivity index (χ1v) is 9.50. The fourth-order valence-electron chi connectivity index (χ4n) is 3.89. The number of imidazole rings is 2. The normalized spacial score (nSPS) is 15.2. The molecule has 2 N–H and O–H groups in total. The van der Waals surface area contributed by atoms with Crippen LogP contribution in [0.2, 0.25) is 0 Å². The highest BCUT2D eigenvalue weighted by molar-refractivity contribution is 5.79. The third-order valence-electron chi connectivity index (χ3n) is 5.29. The fraction of sp³-hybridized carbons (Fsp3) is 0.316. The van der Waals surface area contributed by atoms with Crippen molar-refractivity contribution in [3.8, 4) is 5.95 Å². The van der Waals surface area contributed by atoms with E-state index in [0.717, 1.165) is 0 Å². The molecule has 10 nitrogen and oxygen atoms in total. The molecule has 5 rings (SSSR count). The molecular formula is C19H18FN7O3. The van der Waals surface area contributed by atoms with E-state index in [1.807, 2.05) is 0 Å². The number of fused-ring (bicyclic) bond motifs is 2. The molecule has 1 aliphatic heterocycles. The van der Waals surface area contributed by atoms with E-state index >= 15 is 0 Å². The summed E-state index contributed by atoms with van der Waals surface area (Å²) >= 11 is 0. The van der Waals surface area contributed by atoms with Gasteiger partial charge in [0.1, 0.15) is 24.2 Å². The van der Waals surface area contributed by atoms with Crippen molar-refractivity contribution in [1.82, 2.24) is 28.7 Å². The molecule has 4 aromatic rings. The standard InChI is InChI=1S/C19H18FN7O3/c20-11-1-2-13-14(7-11)26(10-23-13)18-22-8-15-17(24-18)27(12-3-5-30-6-4-12)19(29)25(15)9-16(21)28/h1-2,7-8,10,12H,3-6,9H2,(H2,21,28). The lowest BCUT2D eigenvalue weighted by Gasteiger charge is -2.22. The van der Waals surface area contributed by atoms with Crippen LogP contribution in [0.3, 0.4) is 0 Å². The lowest BCUT2D eigenvalue weighted by molar-refractivity contribution is -0.118. The van der Waals surface area contributed by atoms with E-state index in [0.29, 0.717) is 48.3 Å². The number of carbonyl (C=O) groups is 1. The Bertz CT molecular complexity index is 1330. The number of hydrogen-bond acceptors (Lipinski definition) is 6. The van der Waals surface area contributed by atoms with Gasteiger partial charge < -0.3 is 10.5 Å². The molecule has 154 valence electrons.